The molecule has 0 radical (unpaired) electrons. The number of nitrogens with one attached hydrogen (secondary N) is 1. The minimum Gasteiger partial charge on any atom is -0.334 e. The summed E-state index contributed by atoms with van der Waals surface area (Å²) >= 11 is 6.01. The second-order valence-corrected chi connectivity index (χ2v) is 8.73. The van der Waals surface area contributed by atoms with Gasteiger partial charge in [-0.05, 0) is 25.0 Å². The lowest BCUT2D eigenvalue weighted by atomic mass is 10.2. The van der Waals surface area contributed by atoms with Crippen molar-refractivity contribution in [2.24, 2.45) is 0 Å². The molecule has 2 fully saturated rings. The predicted molar refractivity (Wildman–Crippen MR) is 94.3 cm³/mol. The van der Waals surface area contributed by atoms with E-state index in [4.69, 9.17) is 11.6 Å². The average Bonchev–Trinajstić information content (AvgIpc) is 3.28. The molecule has 2 atom stereocenters. The summed E-state index contributed by atoms with van der Waals surface area (Å²) in [6.07, 6.45) is 2.64. The monoisotopic (exact) mass is 406 g/mol. The van der Waals surface area contributed by atoms with E-state index in [2.05, 4.69) is 15.4 Å². The average molecular weight is 407 g/mol. The number of aromatic nitrogens is 3. The number of fused-ring (bicyclic) bond motifs is 2. The molecule has 0 spiro atoms. The van der Waals surface area contributed by atoms with Crippen molar-refractivity contribution in [2.75, 3.05) is 13.1 Å². The van der Waals surface area contributed by atoms with E-state index in [-0.39, 0.29) is 52.3 Å². The van der Waals surface area contributed by atoms with Gasteiger partial charge in [-0.1, -0.05) is 17.7 Å². The summed E-state index contributed by atoms with van der Waals surface area (Å²) in [5.74, 6) is -0.279. The van der Waals surface area contributed by atoms with Crippen LogP contribution in [0.2, 0.25) is 5.02 Å². The normalized spacial score (nSPS) is 22.6. The van der Waals surface area contributed by atoms with E-state index in [0.717, 1.165) is 0 Å². The van der Waals surface area contributed by atoms with E-state index >= 15 is 0 Å². The number of benzene rings is 1. The lowest BCUT2D eigenvalue weighted by Gasteiger charge is -2.39. The molecule has 140 valence electrons. The number of carbonyl (C=O) groups excluding carboxylic acids is 1. The number of hydrogen-bond donors (Lipinski definition) is 1. The predicted octanol–water partition coefficient (Wildman–Crippen LogP) is 1.01. The van der Waals surface area contributed by atoms with Gasteiger partial charge in [-0.25, -0.2) is 8.42 Å². The quantitative estimate of drug-likeness (QED) is 0.811. The number of hydrogen-bond acceptors (Lipinski definition) is 6. The smallest absolute Gasteiger partial charge is 0.276 e. The molecule has 3 heterocycles. The van der Waals surface area contributed by atoms with Gasteiger partial charge in [-0.15, -0.1) is 0 Å². The topological polar surface area (TPSA) is 123 Å². The Morgan fingerprint density at radius 2 is 2.00 bits per heavy atom. The van der Waals surface area contributed by atoms with E-state index < -0.39 is 10.0 Å². The van der Waals surface area contributed by atoms with Gasteiger partial charge < -0.3 is 4.90 Å². The van der Waals surface area contributed by atoms with Crippen LogP contribution in [-0.2, 0) is 10.0 Å². The summed E-state index contributed by atoms with van der Waals surface area (Å²) < 4.78 is 28.0. The van der Waals surface area contributed by atoms with Gasteiger partial charge in [0.2, 0.25) is 10.0 Å². The van der Waals surface area contributed by atoms with Crippen LogP contribution in [0.5, 0.6) is 0 Å². The van der Waals surface area contributed by atoms with Gasteiger partial charge in [0, 0.05) is 25.2 Å². The van der Waals surface area contributed by atoms with Crippen LogP contribution in [0.4, 0.5) is 0 Å². The van der Waals surface area contributed by atoms with E-state index in [1.807, 2.05) is 6.07 Å². The number of piperazine rings is 1. The minimum absolute atomic E-state index is 0.0559. The lowest BCUT2D eigenvalue weighted by Crippen LogP contribution is -2.57. The van der Waals surface area contributed by atoms with Crippen molar-refractivity contribution in [3.63, 3.8) is 0 Å². The Kier molecular flexibility index (Phi) is 4.38. The fraction of sp³-hybridized carbons (Fsp3) is 0.375. The maximum atomic E-state index is 13.3. The van der Waals surface area contributed by atoms with E-state index in [1.165, 1.54) is 28.7 Å². The van der Waals surface area contributed by atoms with Crippen molar-refractivity contribution in [2.45, 2.75) is 29.8 Å². The SMILES string of the molecule is N#Cc1c(Cl)cccc1S(=O)(=O)N1C2CCC1CN(C(=O)c1cn[nH]n1)C2. The molecule has 1 amide bonds. The summed E-state index contributed by atoms with van der Waals surface area (Å²) in [7, 11) is -3.91. The number of halogens is 1. The molecule has 1 aromatic heterocycles. The highest BCUT2D eigenvalue weighted by Gasteiger charge is 2.48. The molecule has 1 aromatic carbocycles. The first-order valence-corrected chi connectivity index (χ1v) is 10.1. The molecule has 1 N–H and O–H groups in total. The molecule has 11 heteroatoms. The molecule has 2 aliphatic rings. The maximum Gasteiger partial charge on any atom is 0.276 e. The third-order valence-electron chi connectivity index (χ3n) is 4.98. The highest BCUT2D eigenvalue weighted by Crippen LogP contribution is 2.37. The molecule has 2 bridgehead atoms. The molecule has 0 aliphatic carbocycles. The molecule has 2 aliphatic heterocycles. The number of amides is 1. The first-order chi connectivity index (χ1) is 12.9. The molecule has 2 unspecified atom stereocenters. The van der Waals surface area contributed by atoms with Crippen LogP contribution < -0.4 is 0 Å². The zero-order chi connectivity index (χ0) is 19.2. The van der Waals surface area contributed by atoms with Gasteiger partial charge in [0.05, 0.1) is 16.8 Å². The lowest BCUT2D eigenvalue weighted by molar-refractivity contribution is 0.0609. The number of likely N-dealkylation sites (tertiary alicyclic amines) is 1. The highest BCUT2D eigenvalue weighted by atomic mass is 35.5. The van der Waals surface area contributed by atoms with Gasteiger partial charge >= 0.3 is 0 Å². The van der Waals surface area contributed by atoms with Crippen LogP contribution in [0.3, 0.4) is 0 Å². The number of carbonyl (C=O) groups is 1. The third kappa shape index (κ3) is 2.88. The van der Waals surface area contributed by atoms with Crippen molar-refractivity contribution in [3.05, 3.63) is 40.7 Å². The van der Waals surface area contributed by atoms with Crippen LogP contribution in [0.15, 0.2) is 29.3 Å². The zero-order valence-corrected chi connectivity index (χ0v) is 15.6. The Hall–Kier alpha value is -2.48. The van der Waals surface area contributed by atoms with Crippen molar-refractivity contribution < 1.29 is 13.2 Å². The first-order valence-electron chi connectivity index (χ1n) is 8.30. The molecule has 2 aromatic rings. The summed E-state index contributed by atoms with van der Waals surface area (Å²) in [5, 5.41) is 19.3. The Morgan fingerprint density at radius 1 is 1.30 bits per heavy atom. The Morgan fingerprint density at radius 3 is 2.59 bits per heavy atom. The van der Waals surface area contributed by atoms with Gasteiger partial charge in [0.15, 0.2) is 5.69 Å². The van der Waals surface area contributed by atoms with E-state index in [1.54, 1.807) is 4.90 Å². The zero-order valence-electron chi connectivity index (χ0n) is 14.0. The van der Waals surface area contributed by atoms with Crippen LogP contribution in [0, 0.1) is 11.3 Å². The largest absolute Gasteiger partial charge is 0.334 e. The number of rotatable bonds is 3. The highest BCUT2D eigenvalue weighted by molar-refractivity contribution is 7.89. The molecule has 27 heavy (non-hydrogen) atoms. The van der Waals surface area contributed by atoms with Gasteiger partial charge in [-0.2, -0.15) is 25.0 Å². The van der Waals surface area contributed by atoms with Gasteiger partial charge in [0.1, 0.15) is 11.0 Å². The van der Waals surface area contributed by atoms with Gasteiger partial charge in [0.25, 0.3) is 5.91 Å². The summed E-state index contributed by atoms with van der Waals surface area (Å²) in [6.45, 7) is 0.535. The maximum absolute atomic E-state index is 13.3. The minimum atomic E-state index is -3.91. The molecule has 2 saturated heterocycles. The molecule has 9 nitrogen and oxygen atoms in total. The van der Waals surface area contributed by atoms with Crippen LogP contribution in [0.1, 0.15) is 28.9 Å². The molecule has 0 saturated carbocycles. The fourth-order valence-corrected chi connectivity index (χ4v) is 6.12. The molecular weight excluding hydrogens is 392 g/mol. The summed E-state index contributed by atoms with van der Waals surface area (Å²) in [5.41, 5.74) is 0.145. The second kappa shape index (κ2) is 6.60. The molecule has 4 rings (SSSR count). The summed E-state index contributed by atoms with van der Waals surface area (Å²) in [4.78, 5) is 14.0. The van der Waals surface area contributed by atoms with Gasteiger partial charge in [-0.3, -0.25) is 4.79 Å². The fourth-order valence-electron chi connectivity index (χ4n) is 3.83. The standard InChI is InChI=1S/C16H15ClN6O3S/c17-13-2-1-3-15(12(13)6-18)27(25,26)23-10-4-5-11(23)9-22(8-10)16(24)14-7-19-21-20-14/h1-3,7,10-11H,4-5,8-9H2,(H,19,20,21). The van der Waals surface area contributed by atoms with Crippen LogP contribution in [0.25, 0.3) is 0 Å². The number of nitriles is 1. The van der Waals surface area contributed by atoms with Crippen molar-refractivity contribution in [1.29, 1.82) is 5.26 Å². The Labute approximate surface area is 160 Å². The van der Waals surface area contributed by atoms with Crippen LogP contribution in [-0.4, -0.2) is 64.1 Å². The first kappa shape index (κ1) is 17.9. The van der Waals surface area contributed by atoms with E-state index in [0.29, 0.717) is 12.8 Å². The third-order valence-corrected chi connectivity index (χ3v) is 7.34. The number of H-pyrrole nitrogens is 1. The summed E-state index contributed by atoms with van der Waals surface area (Å²) in [6, 6.07) is 5.58. The second-order valence-electron chi connectivity index (χ2n) is 6.51. The number of aromatic amines is 1. The van der Waals surface area contributed by atoms with Crippen molar-refractivity contribution in [3.8, 4) is 6.07 Å². The van der Waals surface area contributed by atoms with Crippen molar-refractivity contribution >= 4 is 27.5 Å². The van der Waals surface area contributed by atoms with Crippen molar-refractivity contribution in [1.82, 2.24) is 24.6 Å². The van der Waals surface area contributed by atoms with E-state index in [9.17, 15) is 18.5 Å². The number of nitrogens with zero attached hydrogens (tertiary/aromatic N) is 5. The van der Waals surface area contributed by atoms with Crippen LogP contribution >= 0.6 is 11.6 Å². The Balaban J connectivity index is 1.65. The Bertz CT molecular complexity index is 1020. The number of sulfonamides is 1. The molecular formula is C16H15ClN6O3S.